The highest BCUT2D eigenvalue weighted by atomic mass is 79.9. The number of aliphatic imine (C=N–C) groups is 1. The Balaban J connectivity index is 2.69. The lowest BCUT2D eigenvalue weighted by Crippen LogP contribution is -1.92. The fourth-order valence-electron chi connectivity index (χ4n) is 1.81. The highest BCUT2D eigenvalue weighted by Gasteiger charge is 2.07. The number of ether oxygens (including phenoxy) is 1. The van der Waals surface area contributed by atoms with Crippen LogP contribution in [0.2, 0.25) is 0 Å². The van der Waals surface area contributed by atoms with Gasteiger partial charge in [0.2, 0.25) is 6.08 Å². The van der Waals surface area contributed by atoms with E-state index in [1.807, 2.05) is 30.3 Å². The second kappa shape index (κ2) is 5.13. The molecule has 0 aromatic heterocycles. The number of hydrogen-bond donors (Lipinski definition) is 0. The molecule has 0 spiro atoms. The number of halogens is 1. The number of hydrogen-bond acceptors (Lipinski definition) is 3. The summed E-state index contributed by atoms with van der Waals surface area (Å²) in [5.41, 5.74) is 0.904. The Labute approximate surface area is 107 Å². The summed E-state index contributed by atoms with van der Waals surface area (Å²) in [7, 11) is 1.61. The van der Waals surface area contributed by atoms with Crippen LogP contribution in [0, 0.1) is 0 Å². The van der Waals surface area contributed by atoms with Gasteiger partial charge in [0.05, 0.1) is 13.7 Å². The summed E-state index contributed by atoms with van der Waals surface area (Å²) < 4.78 is 6.29. The highest BCUT2D eigenvalue weighted by Crippen LogP contribution is 2.30. The Hall–Kier alpha value is -1.64. The first-order chi connectivity index (χ1) is 8.26. The second-order valence-corrected chi connectivity index (χ2v) is 4.44. The molecule has 2 rings (SSSR count). The third kappa shape index (κ3) is 2.38. The quantitative estimate of drug-likeness (QED) is 0.642. The van der Waals surface area contributed by atoms with E-state index < -0.39 is 0 Å². The number of isocyanates is 1. The van der Waals surface area contributed by atoms with Crippen molar-refractivity contribution in [3.8, 4) is 5.75 Å². The minimum absolute atomic E-state index is 0.283. The van der Waals surface area contributed by atoms with Crippen molar-refractivity contribution in [3.63, 3.8) is 0 Å². The molecule has 3 nitrogen and oxygen atoms in total. The molecule has 86 valence electrons. The molecule has 2 aromatic rings. The summed E-state index contributed by atoms with van der Waals surface area (Å²) in [6, 6.07) is 9.81. The van der Waals surface area contributed by atoms with Gasteiger partial charge in [-0.15, -0.1) is 0 Å². The van der Waals surface area contributed by atoms with Crippen molar-refractivity contribution in [1.29, 1.82) is 0 Å². The third-order valence-electron chi connectivity index (χ3n) is 2.57. The van der Waals surface area contributed by atoms with Crippen molar-refractivity contribution in [1.82, 2.24) is 0 Å². The van der Waals surface area contributed by atoms with Gasteiger partial charge in [-0.1, -0.05) is 28.1 Å². The first-order valence-corrected chi connectivity index (χ1v) is 5.84. The Morgan fingerprint density at radius 1 is 1.35 bits per heavy atom. The molecule has 0 aliphatic rings. The Morgan fingerprint density at radius 3 is 2.88 bits per heavy atom. The predicted molar refractivity (Wildman–Crippen MR) is 70.0 cm³/mol. The summed E-state index contributed by atoms with van der Waals surface area (Å²) in [5, 5.41) is 2.11. The number of rotatable bonds is 3. The molecule has 0 heterocycles. The Morgan fingerprint density at radius 2 is 2.18 bits per heavy atom. The number of carbonyl (C=O) groups excluding carboxylic acids is 1. The summed E-state index contributed by atoms with van der Waals surface area (Å²) in [6.07, 6.45) is 1.55. The maximum absolute atomic E-state index is 10.2. The van der Waals surface area contributed by atoms with Crippen molar-refractivity contribution in [3.05, 3.63) is 40.4 Å². The molecule has 0 radical (unpaired) electrons. The van der Waals surface area contributed by atoms with Gasteiger partial charge in [-0.2, -0.15) is 0 Å². The number of nitrogens with zero attached hydrogens (tertiary/aromatic N) is 1. The molecule has 4 heteroatoms. The van der Waals surface area contributed by atoms with Crippen molar-refractivity contribution >= 4 is 32.8 Å². The SMILES string of the molecule is COc1ccc2cc(Br)ccc2c1CN=C=O. The Kier molecular flexibility index (Phi) is 3.57. The Bertz CT molecular complexity index is 604. The van der Waals surface area contributed by atoms with Crippen LogP contribution in [0.4, 0.5) is 0 Å². The van der Waals surface area contributed by atoms with E-state index in [4.69, 9.17) is 4.74 Å². The zero-order valence-corrected chi connectivity index (χ0v) is 10.8. The molecule has 0 aliphatic heterocycles. The van der Waals surface area contributed by atoms with Crippen LogP contribution < -0.4 is 4.74 Å². The molecule has 0 aliphatic carbocycles. The van der Waals surface area contributed by atoms with Gasteiger partial charge in [0.15, 0.2) is 0 Å². The summed E-state index contributed by atoms with van der Waals surface area (Å²) in [4.78, 5) is 13.9. The zero-order chi connectivity index (χ0) is 12.3. The predicted octanol–water partition coefficient (Wildman–Crippen LogP) is 3.45. The van der Waals surface area contributed by atoms with Gasteiger partial charge in [0, 0.05) is 10.0 Å². The van der Waals surface area contributed by atoms with Crippen molar-refractivity contribution in [2.45, 2.75) is 6.54 Å². The van der Waals surface area contributed by atoms with Crippen molar-refractivity contribution in [2.24, 2.45) is 4.99 Å². The van der Waals surface area contributed by atoms with Gasteiger partial charge in [-0.25, -0.2) is 9.79 Å². The molecule has 0 saturated carbocycles. The van der Waals surface area contributed by atoms with Gasteiger partial charge in [-0.05, 0) is 29.0 Å². The van der Waals surface area contributed by atoms with E-state index in [9.17, 15) is 4.79 Å². The standard InChI is InChI=1S/C13H10BrNO2/c1-17-13-5-2-9-6-10(14)3-4-11(9)12(13)7-15-8-16/h2-6H,7H2,1H3. The topological polar surface area (TPSA) is 38.7 Å². The number of fused-ring (bicyclic) bond motifs is 1. The van der Waals surface area contributed by atoms with E-state index in [0.717, 1.165) is 26.6 Å². The van der Waals surface area contributed by atoms with E-state index in [1.165, 1.54) is 0 Å². The first-order valence-electron chi connectivity index (χ1n) is 5.05. The molecule has 0 unspecified atom stereocenters. The van der Waals surface area contributed by atoms with E-state index in [-0.39, 0.29) is 6.54 Å². The molecule has 0 N–H and O–H groups in total. The first kappa shape index (κ1) is 11.8. The van der Waals surface area contributed by atoms with Crippen LogP contribution in [0.1, 0.15) is 5.56 Å². The van der Waals surface area contributed by atoms with Gasteiger partial charge >= 0.3 is 0 Å². The van der Waals surface area contributed by atoms with E-state index in [1.54, 1.807) is 13.2 Å². The van der Waals surface area contributed by atoms with Crippen LogP contribution in [0.15, 0.2) is 39.8 Å². The summed E-state index contributed by atoms with van der Waals surface area (Å²) >= 11 is 3.43. The number of benzene rings is 2. The zero-order valence-electron chi connectivity index (χ0n) is 9.24. The van der Waals surface area contributed by atoms with Gasteiger partial charge in [-0.3, -0.25) is 0 Å². The van der Waals surface area contributed by atoms with Crippen LogP contribution in [-0.2, 0) is 11.3 Å². The molecule has 2 aromatic carbocycles. The average Bonchev–Trinajstić information content (AvgIpc) is 2.35. The normalized spacial score (nSPS) is 10.0. The molecular formula is C13H10BrNO2. The highest BCUT2D eigenvalue weighted by molar-refractivity contribution is 9.10. The van der Waals surface area contributed by atoms with E-state index in [2.05, 4.69) is 20.9 Å². The van der Waals surface area contributed by atoms with E-state index in [0.29, 0.717) is 0 Å². The largest absolute Gasteiger partial charge is 0.496 e. The second-order valence-electron chi connectivity index (χ2n) is 3.52. The smallest absolute Gasteiger partial charge is 0.235 e. The van der Waals surface area contributed by atoms with Crippen LogP contribution in [0.25, 0.3) is 10.8 Å². The minimum Gasteiger partial charge on any atom is -0.496 e. The lowest BCUT2D eigenvalue weighted by Gasteiger charge is -2.10. The average molecular weight is 292 g/mol. The van der Waals surface area contributed by atoms with Crippen molar-refractivity contribution in [2.75, 3.05) is 7.11 Å². The van der Waals surface area contributed by atoms with Crippen LogP contribution >= 0.6 is 15.9 Å². The third-order valence-corrected chi connectivity index (χ3v) is 3.07. The molecular weight excluding hydrogens is 282 g/mol. The molecule has 0 saturated heterocycles. The summed E-state index contributed by atoms with van der Waals surface area (Å²) in [6.45, 7) is 0.283. The van der Waals surface area contributed by atoms with Gasteiger partial charge in [0.25, 0.3) is 0 Å². The monoisotopic (exact) mass is 291 g/mol. The lowest BCUT2D eigenvalue weighted by molar-refractivity contribution is 0.410. The van der Waals surface area contributed by atoms with Gasteiger partial charge in [0.1, 0.15) is 5.75 Å². The molecule has 0 fully saturated rings. The molecule has 0 amide bonds. The van der Waals surface area contributed by atoms with Gasteiger partial charge < -0.3 is 4.74 Å². The van der Waals surface area contributed by atoms with E-state index >= 15 is 0 Å². The molecule has 0 atom stereocenters. The van der Waals surface area contributed by atoms with Crippen LogP contribution in [0.5, 0.6) is 5.75 Å². The molecule has 0 bridgehead atoms. The lowest BCUT2D eigenvalue weighted by atomic mass is 10.0. The van der Waals surface area contributed by atoms with Crippen molar-refractivity contribution < 1.29 is 9.53 Å². The molecule has 17 heavy (non-hydrogen) atoms. The maximum Gasteiger partial charge on any atom is 0.235 e. The fourth-order valence-corrected chi connectivity index (χ4v) is 2.19. The van der Waals surface area contributed by atoms with Crippen LogP contribution in [0.3, 0.4) is 0 Å². The number of methoxy groups -OCH3 is 1. The minimum atomic E-state index is 0.283. The fraction of sp³-hybridized carbons (Fsp3) is 0.154. The summed E-state index contributed by atoms with van der Waals surface area (Å²) in [5.74, 6) is 0.735. The van der Waals surface area contributed by atoms with Crippen LogP contribution in [-0.4, -0.2) is 13.2 Å². The maximum atomic E-state index is 10.2.